The highest BCUT2D eigenvalue weighted by Gasteiger charge is 2.52. The molecule has 0 N–H and O–H groups in total. The second-order valence-electron chi connectivity index (χ2n) is 23.3. The van der Waals surface area contributed by atoms with Gasteiger partial charge in [-0.2, -0.15) is 10.1 Å². The number of nitrogens with zero attached hydrogens (tertiary/aromatic N) is 4. The summed E-state index contributed by atoms with van der Waals surface area (Å²) < 4.78 is 31.8. The van der Waals surface area contributed by atoms with Gasteiger partial charge in [0.15, 0.2) is 0 Å². The molecule has 0 amide bonds. The zero-order chi connectivity index (χ0) is 42.0. The molecule has 0 radical (unpaired) electrons. The maximum atomic E-state index is 6.89. The normalized spacial score (nSPS) is 29.7. The maximum Gasteiger partial charge on any atom is 0.259 e. The zero-order valence-electron chi connectivity index (χ0n) is 39.4. The van der Waals surface area contributed by atoms with Crippen molar-refractivity contribution in [3.05, 3.63) is 0 Å². The van der Waals surface area contributed by atoms with Crippen LogP contribution in [0.1, 0.15) is 199 Å². The predicted octanol–water partition coefficient (Wildman–Crippen LogP) is 12.3. The smallest absolute Gasteiger partial charge is 0.259 e. The van der Waals surface area contributed by atoms with Gasteiger partial charge in [0.1, 0.15) is 0 Å². The molecule has 4 aliphatic heterocycles. The van der Waals surface area contributed by atoms with E-state index in [0.717, 1.165) is 78.0 Å². The summed E-state index contributed by atoms with van der Waals surface area (Å²) >= 11 is 0. The fourth-order valence-electron chi connectivity index (χ4n) is 11.1. The third kappa shape index (κ3) is 12.6. The first-order valence-corrected chi connectivity index (χ1v) is 26.0. The van der Waals surface area contributed by atoms with Crippen molar-refractivity contribution < 1.29 is 27.8 Å². The summed E-state index contributed by atoms with van der Waals surface area (Å²) in [4.78, 5) is 13.8. The average Bonchev–Trinajstić information content (AvgIpc) is 3.13. The Morgan fingerprint density at radius 2 is 0.741 bits per heavy atom. The number of hydrogen-bond acceptors (Lipinski definition) is 10. The Labute approximate surface area is 358 Å². The van der Waals surface area contributed by atoms with Gasteiger partial charge in [-0.1, -0.05) is 79.1 Å². The van der Waals surface area contributed by atoms with Crippen LogP contribution < -0.4 is 0 Å². The minimum Gasteiger partial charge on any atom is -0.321 e. The van der Waals surface area contributed by atoms with Crippen LogP contribution in [0.15, 0.2) is 0 Å². The van der Waals surface area contributed by atoms with Gasteiger partial charge in [-0.25, -0.2) is 9.34 Å². The second kappa shape index (κ2) is 19.7. The lowest BCUT2D eigenvalue weighted by atomic mass is 9.78. The summed E-state index contributed by atoms with van der Waals surface area (Å²) in [5.41, 5.74) is -0.235. The van der Waals surface area contributed by atoms with E-state index >= 15 is 0 Å². The van der Waals surface area contributed by atoms with Crippen LogP contribution in [0.3, 0.4) is 0 Å². The molecule has 0 atom stereocenters. The van der Waals surface area contributed by atoms with E-state index in [0.29, 0.717) is 24.3 Å². The van der Waals surface area contributed by atoms with Crippen molar-refractivity contribution >= 4 is 17.1 Å². The Morgan fingerprint density at radius 3 is 1.03 bits per heavy atom. The molecule has 12 heteroatoms. The van der Waals surface area contributed by atoms with E-state index in [9.17, 15) is 0 Å². The summed E-state index contributed by atoms with van der Waals surface area (Å²) in [6, 6.07) is 0.762. The molecule has 0 bridgehead atoms. The molecular weight excluding hydrogens is 766 g/mol. The van der Waals surface area contributed by atoms with Crippen LogP contribution in [0, 0.1) is 10.8 Å². The van der Waals surface area contributed by atoms with Crippen LogP contribution >= 0.6 is 17.1 Å². The molecule has 0 spiro atoms. The van der Waals surface area contributed by atoms with Gasteiger partial charge < -0.3 is 18.1 Å². The van der Waals surface area contributed by atoms with Crippen LogP contribution in [0.5, 0.6) is 0 Å². The van der Waals surface area contributed by atoms with Crippen LogP contribution in [0.25, 0.3) is 0 Å². The lowest BCUT2D eigenvalue weighted by Gasteiger charge is -2.57. The Kier molecular flexibility index (Phi) is 16.3. The number of hydrogen-bond donors (Lipinski definition) is 0. The summed E-state index contributed by atoms with van der Waals surface area (Å²) in [6.07, 6.45) is 22.1. The molecule has 58 heavy (non-hydrogen) atoms. The lowest BCUT2D eigenvalue weighted by Crippen LogP contribution is -2.64. The van der Waals surface area contributed by atoms with E-state index in [1.807, 2.05) is 0 Å². The molecule has 2 aliphatic carbocycles. The molecule has 338 valence electrons. The molecule has 10 nitrogen and oxygen atoms in total. The van der Waals surface area contributed by atoms with Gasteiger partial charge in [-0.15, -0.1) is 0 Å². The van der Waals surface area contributed by atoms with E-state index in [2.05, 4.69) is 103 Å². The quantitative estimate of drug-likeness (QED) is 0.117. The molecule has 0 unspecified atom stereocenters. The first kappa shape index (κ1) is 47.9. The number of piperidine rings is 2. The highest BCUT2D eigenvalue weighted by atomic mass is 31.2. The molecule has 6 rings (SSSR count). The van der Waals surface area contributed by atoms with Crippen molar-refractivity contribution in [2.45, 2.75) is 245 Å². The fourth-order valence-corrected chi connectivity index (χ4v) is 15.2. The van der Waals surface area contributed by atoms with E-state index in [1.165, 1.54) is 77.0 Å². The molecule has 4 saturated heterocycles. The van der Waals surface area contributed by atoms with Gasteiger partial charge in [-0.05, 0) is 120 Å². The standard InChI is InChI=1S/C46H88N4O6P2/c1-41(2)33-51-57(52-34-41)47(37-29-43(5,6)49(44(7,8)30-37)55-39-23-17-15-18-24-39)27-21-13-14-22-28-48(58-53-35-42(3,4)36-54-58)38-31-45(9,10)50(46(11,12)32-38)56-40-25-19-16-20-26-40/h37-40H,13-36H2,1-12H3. The largest absolute Gasteiger partial charge is 0.321 e. The SMILES string of the molecule is CC1(C)COP(N(CCCCCCN(C2CC(C)(C)N(OC3CCCCC3)C(C)(C)C2)P2OCC(C)(C)CO2)C2CC(C)(C)N(OC3CCCCC3)C(C)(C)C2)OC1. The highest BCUT2D eigenvalue weighted by Crippen LogP contribution is 2.56. The summed E-state index contributed by atoms with van der Waals surface area (Å²) in [6.45, 7) is 33.2. The van der Waals surface area contributed by atoms with Crippen molar-refractivity contribution in [2.75, 3.05) is 39.5 Å². The Bertz CT molecular complexity index is 1140. The van der Waals surface area contributed by atoms with Gasteiger partial charge in [0.2, 0.25) is 0 Å². The first-order chi connectivity index (χ1) is 27.2. The fraction of sp³-hybridized carbons (Fsp3) is 1.00. The van der Waals surface area contributed by atoms with Crippen molar-refractivity contribution in [2.24, 2.45) is 10.8 Å². The average molecular weight is 855 g/mol. The van der Waals surface area contributed by atoms with Crippen molar-refractivity contribution in [3.63, 3.8) is 0 Å². The van der Waals surface area contributed by atoms with Gasteiger partial charge in [0, 0.05) is 58.2 Å². The lowest BCUT2D eigenvalue weighted by molar-refractivity contribution is -0.313. The van der Waals surface area contributed by atoms with Crippen LogP contribution in [0.2, 0.25) is 0 Å². The van der Waals surface area contributed by atoms with Gasteiger partial charge in [0.05, 0.1) is 38.6 Å². The van der Waals surface area contributed by atoms with E-state index < -0.39 is 17.1 Å². The highest BCUT2D eigenvalue weighted by molar-refractivity contribution is 7.44. The van der Waals surface area contributed by atoms with Crippen LogP contribution in [-0.4, -0.2) is 105 Å². The third-order valence-corrected chi connectivity index (χ3v) is 17.1. The monoisotopic (exact) mass is 855 g/mol. The second-order valence-corrected chi connectivity index (χ2v) is 26.3. The molecule has 4 heterocycles. The Morgan fingerprint density at radius 1 is 0.448 bits per heavy atom. The molecule has 2 saturated carbocycles. The van der Waals surface area contributed by atoms with E-state index in [4.69, 9.17) is 27.8 Å². The van der Waals surface area contributed by atoms with Gasteiger partial charge in [-0.3, -0.25) is 9.68 Å². The van der Waals surface area contributed by atoms with Crippen LogP contribution in [0.4, 0.5) is 0 Å². The number of hydroxylamine groups is 4. The summed E-state index contributed by atoms with van der Waals surface area (Å²) in [5.74, 6) is 0. The van der Waals surface area contributed by atoms with Crippen molar-refractivity contribution in [1.29, 1.82) is 0 Å². The van der Waals surface area contributed by atoms with Crippen molar-refractivity contribution in [1.82, 2.24) is 19.5 Å². The molecule has 6 aliphatic rings. The summed E-state index contributed by atoms with van der Waals surface area (Å²) in [5, 5.41) is 4.79. The molecule has 0 aromatic rings. The maximum absolute atomic E-state index is 6.89. The zero-order valence-corrected chi connectivity index (χ0v) is 41.2. The first-order valence-electron chi connectivity index (χ1n) is 23.8. The summed E-state index contributed by atoms with van der Waals surface area (Å²) in [7, 11) is -2.20. The minimum absolute atomic E-state index is 0.0542. The molecule has 0 aromatic carbocycles. The van der Waals surface area contributed by atoms with Gasteiger partial charge in [0.25, 0.3) is 17.1 Å². The van der Waals surface area contributed by atoms with Crippen LogP contribution in [-0.2, 0) is 27.8 Å². The van der Waals surface area contributed by atoms with Crippen molar-refractivity contribution in [3.8, 4) is 0 Å². The predicted molar refractivity (Wildman–Crippen MR) is 239 cm³/mol. The van der Waals surface area contributed by atoms with Gasteiger partial charge >= 0.3 is 0 Å². The number of unbranched alkanes of at least 4 members (excludes halogenated alkanes) is 3. The van der Waals surface area contributed by atoms with E-state index in [1.54, 1.807) is 0 Å². The number of rotatable bonds is 15. The Balaban J connectivity index is 1.07. The molecular formula is C46H88N4O6P2. The van der Waals surface area contributed by atoms with E-state index in [-0.39, 0.29) is 33.0 Å². The Hall–Kier alpha value is 0.460. The topological polar surface area (TPSA) is 68.3 Å². The third-order valence-electron chi connectivity index (χ3n) is 13.8. The minimum atomic E-state index is -1.10. The molecule has 6 fully saturated rings. The molecule has 0 aromatic heterocycles.